The van der Waals surface area contributed by atoms with Crippen LogP contribution in [-0.2, 0) is 0 Å². The van der Waals surface area contributed by atoms with Crippen LogP contribution in [0.3, 0.4) is 0 Å². The lowest BCUT2D eigenvalue weighted by atomic mass is 10.0. The molecule has 0 bridgehead atoms. The van der Waals surface area contributed by atoms with Crippen LogP contribution in [0.1, 0.15) is 30.5 Å². The van der Waals surface area contributed by atoms with E-state index in [1.54, 1.807) is 0 Å². The number of anilines is 1. The van der Waals surface area contributed by atoms with Crippen LogP contribution in [0.4, 0.5) is 5.69 Å². The normalized spacial score (nSPS) is 14.8. The monoisotopic (exact) mass is 319 g/mol. The van der Waals surface area contributed by atoms with E-state index in [2.05, 4.69) is 49.4 Å². The quantitative estimate of drug-likeness (QED) is 0.712. The maximum atomic E-state index is 5.97. The van der Waals surface area contributed by atoms with Gasteiger partial charge < -0.3 is 5.32 Å². The predicted octanol–water partition coefficient (Wildman–Crippen LogP) is 5.73. The van der Waals surface area contributed by atoms with Crippen molar-refractivity contribution in [2.75, 3.05) is 11.9 Å². The molecule has 0 fully saturated rings. The Morgan fingerprint density at radius 2 is 1.87 bits per heavy atom. The smallest absolute Gasteiger partial charge is 0.0406 e. The van der Waals surface area contributed by atoms with Crippen molar-refractivity contribution in [3.8, 4) is 12.3 Å². The van der Waals surface area contributed by atoms with E-state index in [9.17, 15) is 0 Å². The van der Waals surface area contributed by atoms with E-state index in [0.29, 0.717) is 0 Å². The Labute approximate surface area is 142 Å². The summed E-state index contributed by atoms with van der Waals surface area (Å²) in [4.78, 5) is 0. The van der Waals surface area contributed by atoms with Gasteiger partial charge in [-0.05, 0) is 66.5 Å². The SMILES string of the molecule is C#CC1=C(C)C(=Cc2ccc(Cl)cc2)c2ccc(NCC)cc21. The van der Waals surface area contributed by atoms with Gasteiger partial charge in [-0.2, -0.15) is 0 Å². The minimum absolute atomic E-state index is 0.742. The average molecular weight is 320 g/mol. The van der Waals surface area contributed by atoms with E-state index in [1.807, 2.05) is 24.3 Å². The van der Waals surface area contributed by atoms with Crippen LogP contribution >= 0.6 is 11.6 Å². The zero-order valence-corrected chi connectivity index (χ0v) is 14.0. The lowest BCUT2D eigenvalue weighted by molar-refractivity contribution is 1.21. The molecule has 0 aliphatic heterocycles. The molecular formula is C21H18ClN. The topological polar surface area (TPSA) is 12.0 Å². The van der Waals surface area contributed by atoms with Crippen LogP contribution in [-0.4, -0.2) is 6.54 Å². The van der Waals surface area contributed by atoms with Gasteiger partial charge in [-0.25, -0.2) is 0 Å². The molecule has 0 unspecified atom stereocenters. The summed E-state index contributed by atoms with van der Waals surface area (Å²) in [6, 6.07) is 14.2. The van der Waals surface area contributed by atoms with Crippen molar-refractivity contribution >= 4 is 34.5 Å². The average Bonchev–Trinajstić information content (AvgIpc) is 2.81. The Kier molecular flexibility index (Phi) is 4.28. The van der Waals surface area contributed by atoms with Crippen LogP contribution in [0.15, 0.2) is 48.0 Å². The van der Waals surface area contributed by atoms with Crippen molar-refractivity contribution in [1.29, 1.82) is 0 Å². The fourth-order valence-electron chi connectivity index (χ4n) is 2.94. The second-order valence-corrected chi connectivity index (χ2v) is 5.98. The largest absolute Gasteiger partial charge is 0.385 e. The summed E-state index contributed by atoms with van der Waals surface area (Å²) >= 11 is 5.97. The molecule has 1 nitrogen and oxygen atoms in total. The molecule has 0 spiro atoms. The Morgan fingerprint density at radius 3 is 2.52 bits per heavy atom. The first kappa shape index (κ1) is 15.5. The summed E-state index contributed by atoms with van der Waals surface area (Å²) < 4.78 is 0. The molecule has 3 rings (SSSR count). The third-order valence-corrected chi connectivity index (χ3v) is 4.32. The zero-order chi connectivity index (χ0) is 16.4. The Bertz CT molecular complexity index is 848. The minimum atomic E-state index is 0.742. The van der Waals surface area contributed by atoms with Gasteiger partial charge in [0, 0.05) is 28.4 Å². The molecule has 0 saturated carbocycles. The fraction of sp³-hybridized carbons (Fsp3) is 0.143. The van der Waals surface area contributed by atoms with Crippen molar-refractivity contribution in [2.24, 2.45) is 0 Å². The van der Waals surface area contributed by atoms with Crippen LogP contribution in [0.25, 0.3) is 17.2 Å². The molecule has 1 aliphatic carbocycles. The van der Waals surface area contributed by atoms with E-state index in [1.165, 1.54) is 11.1 Å². The Balaban J connectivity index is 2.12. The number of hydrogen-bond acceptors (Lipinski definition) is 1. The third kappa shape index (κ3) is 2.91. The van der Waals surface area contributed by atoms with Crippen LogP contribution in [0.2, 0.25) is 5.02 Å². The first-order valence-electron chi connectivity index (χ1n) is 7.68. The summed E-state index contributed by atoms with van der Waals surface area (Å²) in [7, 11) is 0. The van der Waals surface area contributed by atoms with Crippen LogP contribution in [0.5, 0.6) is 0 Å². The maximum absolute atomic E-state index is 5.97. The molecular weight excluding hydrogens is 302 g/mol. The molecule has 0 radical (unpaired) electrons. The summed E-state index contributed by atoms with van der Waals surface area (Å²) in [5.74, 6) is 2.85. The van der Waals surface area contributed by atoms with Gasteiger partial charge in [-0.1, -0.05) is 35.7 Å². The van der Waals surface area contributed by atoms with Gasteiger partial charge in [0.15, 0.2) is 0 Å². The van der Waals surface area contributed by atoms with Gasteiger partial charge >= 0.3 is 0 Å². The molecule has 2 heteroatoms. The highest BCUT2D eigenvalue weighted by Crippen LogP contribution is 2.42. The second-order valence-electron chi connectivity index (χ2n) is 5.54. The number of hydrogen-bond donors (Lipinski definition) is 1. The van der Waals surface area contributed by atoms with E-state index in [4.69, 9.17) is 18.0 Å². The number of benzene rings is 2. The molecule has 23 heavy (non-hydrogen) atoms. The second kappa shape index (κ2) is 6.36. The standard InChI is InChI=1S/C21H18ClN/c1-4-18-14(3)20(12-15-6-8-16(22)9-7-15)19-11-10-17(23-5-2)13-21(18)19/h1,6-13,23H,5H2,2-3H3. The summed E-state index contributed by atoms with van der Waals surface area (Å²) in [5.41, 5.74) is 7.82. The number of terminal acetylenes is 1. The molecule has 1 aliphatic rings. The molecule has 2 aromatic carbocycles. The van der Waals surface area contributed by atoms with Crippen molar-refractivity contribution in [3.63, 3.8) is 0 Å². The Morgan fingerprint density at radius 1 is 1.13 bits per heavy atom. The first-order valence-corrected chi connectivity index (χ1v) is 8.05. The van der Waals surface area contributed by atoms with Crippen LogP contribution in [0, 0.1) is 12.3 Å². The van der Waals surface area contributed by atoms with E-state index in [0.717, 1.165) is 39.5 Å². The highest BCUT2D eigenvalue weighted by molar-refractivity contribution is 6.30. The zero-order valence-electron chi connectivity index (χ0n) is 13.3. The molecule has 2 aromatic rings. The molecule has 0 heterocycles. The van der Waals surface area contributed by atoms with Gasteiger partial charge in [-0.15, -0.1) is 6.42 Å². The third-order valence-electron chi connectivity index (χ3n) is 4.06. The van der Waals surface area contributed by atoms with Crippen LogP contribution < -0.4 is 5.32 Å². The molecule has 0 saturated heterocycles. The van der Waals surface area contributed by atoms with Gasteiger partial charge in [-0.3, -0.25) is 0 Å². The molecule has 0 aromatic heterocycles. The number of nitrogens with one attached hydrogen (secondary N) is 1. The molecule has 1 N–H and O–H groups in total. The van der Waals surface area contributed by atoms with Gasteiger partial charge in [0.25, 0.3) is 0 Å². The summed E-state index contributed by atoms with van der Waals surface area (Å²) in [6.07, 6.45) is 7.93. The first-order chi connectivity index (χ1) is 11.1. The van der Waals surface area contributed by atoms with Crippen molar-refractivity contribution in [1.82, 2.24) is 0 Å². The highest BCUT2D eigenvalue weighted by Gasteiger charge is 2.22. The fourth-order valence-corrected chi connectivity index (χ4v) is 3.06. The van der Waals surface area contributed by atoms with E-state index in [-0.39, 0.29) is 0 Å². The summed E-state index contributed by atoms with van der Waals surface area (Å²) in [5, 5.41) is 4.08. The number of fused-ring (bicyclic) bond motifs is 1. The van der Waals surface area contributed by atoms with E-state index < -0.39 is 0 Å². The number of allylic oxidation sites excluding steroid dienone is 3. The minimum Gasteiger partial charge on any atom is -0.385 e. The van der Waals surface area contributed by atoms with E-state index >= 15 is 0 Å². The van der Waals surface area contributed by atoms with Gasteiger partial charge in [0.2, 0.25) is 0 Å². The Hall–Kier alpha value is -2.43. The lowest BCUT2D eigenvalue weighted by Gasteiger charge is -2.08. The van der Waals surface area contributed by atoms with Crippen molar-refractivity contribution in [2.45, 2.75) is 13.8 Å². The maximum Gasteiger partial charge on any atom is 0.0406 e. The molecule has 0 amide bonds. The predicted molar refractivity (Wildman–Crippen MR) is 101 cm³/mol. The molecule has 114 valence electrons. The van der Waals surface area contributed by atoms with Gasteiger partial charge in [0.05, 0.1) is 0 Å². The molecule has 0 atom stereocenters. The lowest BCUT2D eigenvalue weighted by Crippen LogP contribution is -1.97. The van der Waals surface area contributed by atoms with Crippen molar-refractivity contribution < 1.29 is 0 Å². The number of halogens is 1. The summed E-state index contributed by atoms with van der Waals surface area (Å²) in [6.45, 7) is 5.06. The number of rotatable bonds is 3. The van der Waals surface area contributed by atoms with Gasteiger partial charge in [0.1, 0.15) is 0 Å². The van der Waals surface area contributed by atoms with Crippen molar-refractivity contribution in [3.05, 3.63) is 69.8 Å². The highest BCUT2D eigenvalue weighted by atomic mass is 35.5.